The van der Waals surface area contributed by atoms with Gasteiger partial charge in [-0.05, 0) is 49.1 Å². The van der Waals surface area contributed by atoms with Crippen LogP contribution in [0.25, 0.3) is 11.0 Å². The van der Waals surface area contributed by atoms with E-state index in [1.54, 1.807) is 13.0 Å². The molecule has 1 atom stereocenters. The number of aromatic nitrogens is 2. The number of carbonyl (C=O) groups is 1. The average molecular weight is 400 g/mol. The van der Waals surface area contributed by atoms with Crippen LogP contribution < -0.4 is 5.32 Å². The maximum Gasteiger partial charge on any atom is 0.252 e. The molecule has 0 radical (unpaired) electrons. The zero-order valence-corrected chi connectivity index (χ0v) is 17.3. The topological polar surface area (TPSA) is 91.9 Å². The monoisotopic (exact) mass is 399 g/mol. The van der Waals surface area contributed by atoms with E-state index in [4.69, 9.17) is 0 Å². The minimum absolute atomic E-state index is 0.132. The van der Waals surface area contributed by atoms with Gasteiger partial charge in [0.15, 0.2) is 9.84 Å². The van der Waals surface area contributed by atoms with E-state index in [2.05, 4.69) is 29.1 Å². The average Bonchev–Trinajstić information content (AvgIpc) is 3.04. The van der Waals surface area contributed by atoms with Crippen LogP contribution in [0, 0.1) is 12.8 Å². The maximum absolute atomic E-state index is 13.0. The van der Waals surface area contributed by atoms with Crippen LogP contribution in [0.1, 0.15) is 48.1 Å². The Labute approximate surface area is 165 Å². The summed E-state index contributed by atoms with van der Waals surface area (Å²) in [5, 5.41) is 3.03. The molecule has 2 aromatic carbocycles. The highest BCUT2D eigenvalue weighted by Gasteiger charge is 2.22. The number of nitrogens with zero attached hydrogens (tertiary/aromatic N) is 1. The fraction of sp³-hybridized carbons (Fsp3) is 0.333. The van der Waals surface area contributed by atoms with Gasteiger partial charge in [0.25, 0.3) is 5.91 Å². The number of hydrogen-bond acceptors (Lipinski definition) is 4. The molecule has 0 aliphatic carbocycles. The van der Waals surface area contributed by atoms with E-state index >= 15 is 0 Å². The summed E-state index contributed by atoms with van der Waals surface area (Å²) in [5.74, 6) is 0.719. The standard InChI is InChI=1S/C21H25N3O3S/c1-13(2)11-19(20-22-17-7-5-6-8-18(17)23-20)24-21(25)16-12-15(28(4,26)27)10-9-14(16)3/h5-10,12-13,19H,11H2,1-4H3,(H,22,23)(H,24,25). The lowest BCUT2D eigenvalue weighted by Gasteiger charge is -2.19. The highest BCUT2D eigenvalue weighted by Crippen LogP contribution is 2.23. The molecule has 1 aromatic heterocycles. The lowest BCUT2D eigenvalue weighted by molar-refractivity contribution is 0.0929. The summed E-state index contributed by atoms with van der Waals surface area (Å²) in [6.07, 6.45) is 1.84. The Hall–Kier alpha value is -2.67. The maximum atomic E-state index is 13.0. The predicted octanol–water partition coefficient (Wildman–Crippen LogP) is 3.79. The number of aromatic amines is 1. The molecule has 3 rings (SSSR count). The van der Waals surface area contributed by atoms with Crippen molar-refractivity contribution >= 4 is 26.8 Å². The van der Waals surface area contributed by atoms with Crippen molar-refractivity contribution in [3.05, 3.63) is 59.4 Å². The minimum Gasteiger partial charge on any atom is -0.342 e. The number of H-pyrrole nitrogens is 1. The molecule has 1 amide bonds. The SMILES string of the molecule is Cc1ccc(S(C)(=O)=O)cc1C(=O)NC(CC(C)C)c1nc2ccccc2[nH]1. The highest BCUT2D eigenvalue weighted by atomic mass is 32.2. The van der Waals surface area contributed by atoms with E-state index in [1.165, 1.54) is 12.1 Å². The lowest BCUT2D eigenvalue weighted by Crippen LogP contribution is -2.31. The van der Waals surface area contributed by atoms with Crippen molar-refractivity contribution in [2.75, 3.05) is 6.26 Å². The van der Waals surface area contributed by atoms with Crippen LogP contribution in [0.4, 0.5) is 0 Å². The first kappa shape index (κ1) is 20.1. The summed E-state index contributed by atoms with van der Waals surface area (Å²) in [6.45, 7) is 5.95. The van der Waals surface area contributed by atoms with Gasteiger partial charge >= 0.3 is 0 Å². The highest BCUT2D eigenvalue weighted by molar-refractivity contribution is 7.90. The Bertz CT molecular complexity index is 1080. The first-order valence-corrected chi connectivity index (χ1v) is 11.1. The van der Waals surface area contributed by atoms with Gasteiger partial charge in [0, 0.05) is 11.8 Å². The number of carbonyl (C=O) groups excluding carboxylic acids is 1. The largest absolute Gasteiger partial charge is 0.342 e. The van der Waals surface area contributed by atoms with Gasteiger partial charge in [-0.2, -0.15) is 0 Å². The van der Waals surface area contributed by atoms with Crippen molar-refractivity contribution in [1.82, 2.24) is 15.3 Å². The second kappa shape index (κ2) is 7.75. The third-order valence-electron chi connectivity index (χ3n) is 4.63. The van der Waals surface area contributed by atoms with Crippen LogP contribution in [0.15, 0.2) is 47.4 Å². The first-order valence-electron chi connectivity index (χ1n) is 9.21. The van der Waals surface area contributed by atoms with E-state index in [0.717, 1.165) is 22.9 Å². The van der Waals surface area contributed by atoms with Gasteiger partial charge in [-0.15, -0.1) is 0 Å². The fourth-order valence-electron chi connectivity index (χ4n) is 3.16. The van der Waals surface area contributed by atoms with Gasteiger partial charge in [0.2, 0.25) is 0 Å². The fourth-order valence-corrected chi connectivity index (χ4v) is 3.81. The number of amides is 1. The quantitative estimate of drug-likeness (QED) is 0.660. The number of nitrogens with one attached hydrogen (secondary N) is 2. The zero-order chi connectivity index (χ0) is 20.5. The summed E-state index contributed by atoms with van der Waals surface area (Å²) < 4.78 is 23.7. The third-order valence-corrected chi connectivity index (χ3v) is 5.74. The van der Waals surface area contributed by atoms with Gasteiger partial charge in [0.05, 0.1) is 22.0 Å². The number of sulfone groups is 1. The van der Waals surface area contributed by atoms with E-state index in [0.29, 0.717) is 23.7 Å². The Morgan fingerprint density at radius 2 is 1.89 bits per heavy atom. The number of fused-ring (bicyclic) bond motifs is 1. The summed E-state index contributed by atoms with van der Waals surface area (Å²) in [7, 11) is -3.39. The molecule has 7 heteroatoms. The van der Waals surface area contributed by atoms with Crippen molar-refractivity contribution in [2.45, 2.75) is 38.1 Å². The molecule has 148 valence electrons. The Balaban J connectivity index is 1.94. The molecular formula is C21H25N3O3S. The van der Waals surface area contributed by atoms with Gasteiger partial charge < -0.3 is 10.3 Å². The third kappa shape index (κ3) is 4.42. The Kier molecular flexibility index (Phi) is 5.56. The van der Waals surface area contributed by atoms with Crippen molar-refractivity contribution in [2.24, 2.45) is 5.92 Å². The number of hydrogen-bond donors (Lipinski definition) is 2. The molecule has 0 fully saturated rings. The van der Waals surface area contributed by atoms with Crippen molar-refractivity contribution in [1.29, 1.82) is 0 Å². The Morgan fingerprint density at radius 3 is 2.54 bits per heavy atom. The van der Waals surface area contributed by atoms with E-state index < -0.39 is 9.84 Å². The molecule has 0 aliphatic rings. The second-order valence-electron chi connectivity index (χ2n) is 7.54. The summed E-state index contributed by atoms with van der Waals surface area (Å²) in [6, 6.07) is 12.0. The van der Waals surface area contributed by atoms with Crippen molar-refractivity contribution < 1.29 is 13.2 Å². The van der Waals surface area contributed by atoms with Crippen LogP contribution in [-0.4, -0.2) is 30.5 Å². The molecule has 0 saturated heterocycles. The molecule has 1 unspecified atom stereocenters. The molecule has 0 saturated carbocycles. The van der Waals surface area contributed by atoms with E-state index in [1.807, 2.05) is 24.3 Å². The smallest absolute Gasteiger partial charge is 0.252 e. The van der Waals surface area contributed by atoms with Crippen LogP contribution in [0.2, 0.25) is 0 Å². The van der Waals surface area contributed by atoms with Crippen LogP contribution in [0.5, 0.6) is 0 Å². The number of para-hydroxylation sites is 2. The molecular weight excluding hydrogens is 374 g/mol. The number of rotatable bonds is 6. The predicted molar refractivity (Wildman–Crippen MR) is 110 cm³/mol. The molecule has 1 heterocycles. The van der Waals surface area contributed by atoms with Crippen LogP contribution in [-0.2, 0) is 9.84 Å². The molecule has 6 nitrogen and oxygen atoms in total. The van der Waals surface area contributed by atoms with Gasteiger partial charge in [-0.25, -0.2) is 13.4 Å². The minimum atomic E-state index is -3.39. The first-order chi connectivity index (χ1) is 13.1. The van der Waals surface area contributed by atoms with Gasteiger partial charge in [-0.3, -0.25) is 4.79 Å². The molecule has 0 aliphatic heterocycles. The lowest BCUT2D eigenvalue weighted by atomic mass is 10.0. The normalized spacial score (nSPS) is 13.0. The number of benzene rings is 2. The molecule has 3 aromatic rings. The summed E-state index contributed by atoms with van der Waals surface area (Å²) in [4.78, 5) is 21.0. The molecule has 0 spiro atoms. The van der Waals surface area contributed by atoms with Crippen LogP contribution >= 0.6 is 0 Å². The van der Waals surface area contributed by atoms with Gasteiger partial charge in [-0.1, -0.05) is 32.0 Å². The second-order valence-corrected chi connectivity index (χ2v) is 9.56. The van der Waals surface area contributed by atoms with Crippen molar-refractivity contribution in [3.8, 4) is 0 Å². The number of imidazole rings is 1. The van der Waals surface area contributed by atoms with E-state index in [9.17, 15) is 13.2 Å². The van der Waals surface area contributed by atoms with Crippen molar-refractivity contribution in [3.63, 3.8) is 0 Å². The van der Waals surface area contributed by atoms with Crippen LogP contribution in [0.3, 0.4) is 0 Å². The van der Waals surface area contributed by atoms with Gasteiger partial charge in [0.1, 0.15) is 5.82 Å². The molecule has 0 bridgehead atoms. The Morgan fingerprint density at radius 1 is 1.18 bits per heavy atom. The number of aryl methyl sites for hydroxylation is 1. The zero-order valence-electron chi connectivity index (χ0n) is 16.5. The summed E-state index contributed by atoms with van der Waals surface area (Å²) >= 11 is 0. The molecule has 28 heavy (non-hydrogen) atoms. The van der Waals surface area contributed by atoms with E-state index in [-0.39, 0.29) is 16.8 Å². The molecule has 2 N–H and O–H groups in total. The summed E-state index contributed by atoms with van der Waals surface area (Å²) in [5.41, 5.74) is 2.83.